The predicted octanol–water partition coefficient (Wildman–Crippen LogP) is 2.02. The van der Waals surface area contributed by atoms with Gasteiger partial charge in [-0.1, -0.05) is 0 Å². The number of nitro groups is 1. The third-order valence-corrected chi connectivity index (χ3v) is 2.41. The molecule has 6 heteroatoms. The van der Waals surface area contributed by atoms with E-state index in [1.165, 1.54) is 12.1 Å². The van der Waals surface area contributed by atoms with E-state index in [2.05, 4.69) is 4.98 Å². The van der Waals surface area contributed by atoms with Crippen molar-refractivity contribution in [2.75, 3.05) is 0 Å². The number of nitrogens with two attached hydrogens (primary N) is 1. The van der Waals surface area contributed by atoms with Crippen molar-refractivity contribution in [1.29, 1.82) is 0 Å². The molecule has 2 rings (SSSR count). The molecule has 0 amide bonds. The molecule has 0 fully saturated rings. The first-order valence-corrected chi connectivity index (χ1v) is 5.03. The van der Waals surface area contributed by atoms with Gasteiger partial charge in [0, 0.05) is 24.2 Å². The largest absolute Gasteiger partial charge is 0.441 e. The monoisotopic (exact) mass is 233 g/mol. The normalized spacial score (nSPS) is 10.5. The topological polar surface area (TPSA) is 95.2 Å². The standard InChI is InChI=1S/C11H11N3O3/c1-7-10(6-12)13-11(17-7)8-2-4-9(5-3-8)14(15)16/h2-5H,6,12H2,1H3. The number of aryl methyl sites for hydroxylation is 1. The van der Waals surface area contributed by atoms with Crippen LogP contribution in [0.1, 0.15) is 11.5 Å². The van der Waals surface area contributed by atoms with Crippen molar-refractivity contribution < 1.29 is 9.34 Å². The number of benzene rings is 1. The zero-order chi connectivity index (χ0) is 12.4. The average molecular weight is 233 g/mol. The molecule has 17 heavy (non-hydrogen) atoms. The molecule has 0 atom stereocenters. The summed E-state index contributed by atoms with van der Waals surface area (Å²) in [6, 6.07) is 6.03. The number of hydrogen-bond donors (Lipinski definition) is 1. The molecule has 0 aliphatic heterocycles. The zero-order valence-electron chi connectivity index (χ0n) is 9.21. The van der Waals surface area contributed by atoms with E-state index in [9.17, 15) is 10.1 Å². The van der Waals surface area contributed by atoms with Crippen LogP contribution in [-0.2, 0) is 6.54 Å². The maximum absolute atomic E-state index is 10.5. The van der Waals surface area contributed by atoms with Gasteiger partial charge < -0.3 is 10.2 Å². The molecule has 0 spiro atoms. The van der Waals surface area contributed by atoms with Crippen LogP contribution in [0.15, 0.2) is 28.7 Å². The molecule has 2 aromatic rings. The maximum atomic E-state index is 10.5. The molecule has 6 nitrogen and oxygen atoms in total. The highest BCUT2D eigenvalue weighted by Gasteiger charge is 2.11. The molecular formula is C11H11N3O3. The van der Waals surface area contributed by atoms with E-state index in [1.54, 1.807) is 19.1 Å². The van der Waals surface area contributed by atoms with Crippen LogP contribution < -0.4 is 5.73 Å². The zero-order valence-corrected chi connectivity index (χ0v) is 9.21. The molecule has 0 aliphatic rings. The highest BCUT2D eigenvalue weighted by atomic mass is 16.6. The second-order valence-electron chi connectivity index (χ2n) is 3.53. The summed E-state index contributed by atoms with van der Waals surface area (Å²) in [4.78, 5) is 14.3. The van der Waals surface area contributed by atoms with Crippen LogP contribution in [0.5, 0.6) is 0 Å². The van der Waals surface area contributed by atoms with E-state index < -0.39 is 4.92 Å². The molecule has 88 valence electrons. The lowest BCUT2D eigenvalue weighted by Gasteiger charge is -1.94. The van der Waals surface area contributed by atoms with Crippen LogP contribution in [0.2, 0.25) is 0 Å². The lowest BCUT2D eigenvalue weighted by Crippen LogP contribution is -1.97. The summed E-state index contributed by atoms with van der Waals surface area (Å²) in [5.41, 5.74) is 6.92. The van der Waals surface area contributed by atoms with Crippen molar-refractivity contribution in [2.24, 2.45) is 5.73 Å². The molecular weight excluding hydrogens is 222 g/mol. The summed E-state index contributed by atoms with van der Waals surface area (Å²) < 4.78 is 5.43. The summed E-state index contributed by atoms with van der Waals surface area (Å²) in [5.74, 6) is 1.10. The molecule has 0 saturated carbocycles. The minimum atomic E-state index is -0.449. The van der Waals surface area contributed by atoms with E-state index in [-0.39, 0.29) is 5.69 Å². The van der Waals surface area contributed by atoms with Crippen LogP contribution in [0, 0.1) is 17.0 Å². The van der Waals surface area contributed by atoms with Crippen LogP contribution >= 0.6 is 0 Å². The summed E-state index contributed by atoms with van der Waals surface area (Å²) in [6.45, 7) is 2.09. The Hall–Kier alpha value is -2.21. The molecule has 0 radical (unpaired) electrons. The minimum Gasteiger partial charge on any atom is -0.441 e. The smallest absolute Gasteiger partial charge is 0.269 e. The van der Waals surface area contributed by atoms with Crippen molar-refractivity contribution in [1.82, 2.24) is 4.98 Å². The molecule has 1 heterocycles. The first kappa shape index (κ1) is 11.3. The molecule has 0 bridgehead atoms. The van der Waals surface area contributed by atoms with Crippen LogP contribution in [0.4, 0.5) is 5.69 Å². The van der Waals surface area contributed by atoms with E-state index in [0.717, 1.165) is 0 Å². The summed E-state index contributed by atoms with van der Waals surface area (Å²) >= 11 is 0. The lowest BCUT2D eigenvalue weighted by molar-refractivity contribution is -0.384. The van der Waals surface area contributed by atoms with E-state index in [0.29, 0.717) is 29.5 Å². The Kier molecular flexibility index (Phi) is 2.88. The molecule has 0 aliphatic carbocycles. The van der Waals surface area contributed by atoms with Crippen molar-refractivity contribution in [2.45, 2.75) is 13.5 Å². The number of hydrogen-bond acceptors (Lipinski definition) is 5. The Balaban J connectivity index is 2.36. The van der Waals surface area contributed by atoms with Crippen molar-refractivity contribution in [3.05, 3.63) is 45.8 Å². The molecule has 0 saturated heterocycles. The van der Waals surface area contributed by atoms with Gasteiger partial charge in [-0.25, -0.2) is 4.98 Å². The minimum absolute atomic E-state index is 0.0380. The van der Waals surface area contributed by atoms with Gasteiger partial charge in [0.1, 0.15) is 5.76 Å². The van der Waals surface area contributed by atoms with Gasteiger partial charge in [-0.05, 0) is 19.1 Å². The van der Waals surface area contributed by atoms with Gasteiger partial charge in [0.05, 0.1) is 10.6 Å². The SMILES string of the molecule is Cc1oc(-c2ccc([N+](=O)[O-])cc2)nc1CN. The van der Waals surface area contributed by atoms with E-state index in [1.807, 2.05) is 0 Å². The predicted molar refractivity (Wildman–Crippen MR) is 61.2 cm³/mol. The van der Waals surface area contributed by atoms with E-state index in [4.69, 9.17) is 10.2 Å². The second kappa shape index (κ2) is 4.34. The van der Waals surface area contributed by atoms with Crippen LogP contribution in [0.25, 0.3) is 11.5 Å². The van der Waals surface area contributed by atoms with Crippen molar-refractivity contribution in [3.63, 3.8) is 0 Å². The number of rotatable bonds is 3. The van der Waals surface area contributed by atoms with Gasteiger partial charge in [-0.2, -0.15) is 0 Å². The first-order valence-electron chi connectivity index (χ1n) is 5.03. The fourth-order valence-corrected chi connectivity index (χ4v) is 1.47. The first-order chi connectivity index (χ1) is 8.11. The summed E-state index contributed by atoms with van der Waals surface area (Å²) in [5, 5.41) is 10.5. The van der Waals surface area contributed by atoms with Gasteiger partial charge in [0.2, 0.25) is 5.89 Å². The van der Waals surface area contributed by atoms with Gasteiger partial charge in [-0.15, -0.1) is 0 Å². The fourth-order valence-electron chi connectivity index (χ4n) is 1.47. The highest BCUT2D eigenvalue weighted by molar-refractivity contribution is 5.56. The van der Waals surface area contributed by atoms with Crippen LogP contribution in [-0.4, -0.2) is 9.91 Å². The molecule has 1 aromatic carbocycles. The van der Waals surface area contributed by atoms with Crippen molar-refractivity contribution in [3.8, 4) is 11.5 Å². The summed E-state index contributed by atoms with van der Waals surface area (Å²) in [7, 11) is 0. The third kappa shape index (κ3) is 2.16. The van der Waals surface area contributed by atoms with Gasteiger partial charge in [0.25, 0.3) is 5.69 Å². The Morgan fingerprint density at radius 3 is 2.53 bits per heavy atom. The number of aromatic nitrogens is 1. The number of nitro benzene ring substituents is 1. The average Bonchev–Trinajstić information content (AvgIpc) is 2.70. The van der Waals surface area contributed by atoms with Gasteiger partial charge in [0.15, 0.2) is 0 Å². The quantitative estimate of drug-likeness (QED) is 0.646. The van der Waals surface area contributed by atoms with Gasteiger partial charge >= 0.3 is 0 Å². The Labute approximate surface area is 97.2 Å². The lowest BCUT2D eigenvalue weighted by atomic mass is 10.2. The van der Waals surface area contributed by atoms with Gasteiger partial charge in [-0.3, -0.25) is 10.1 Å². The molecule has 1 aromatic heterocycles. The second-order valence-corrected chi connectivity index (χ2v) is 3.53. The van der Waals surface area contributed by atoms with Crippen LogP contribution in [0.3, 0.4) is 0 Å². The van der Waals surface area contributed by atoms with Crippen molar-refractivity contribution >= 4 is 5.69 Å². The third-order valence-electron chi connectivity index (χ3n) is 2.41. The Bertz CT molecular complexity index is 546. The Morgan fingerprint density at radius 1 is 1.41 bits per heavy atom. The number of oxazole rings is 1. The summed E-state index contributed by atoms with van der Waals surface area (Å²) in [6.07, 6.45) is 0. The Morgan fingerprint density at radius 2 is 2.06 bits per heavy atom. The molecule has 2 N–H and O–H groups in total. The maximum Gasteiger partial charge on any atom is 0.269 e. The number of nitrogens with zero attached hydrogens (tertiary/aromatic N) is 2. The highest BCUT2D eigenvalue weighted by Crippen LogP contribution is 2.23. The van der Waals surface area contributed by atoms with E-state index >= 15 is 0 Å². The molecule has 0 unspecified atom stereocenters. The number of non-ortho nitro benzene ring substituents is 1. The fraction of sp³-hybridized carbons (Fsp3) is 0.182.